The summed E-state index contributed by atoms with van der Waals surface area (Å²) < 4.78 is 23.8. The Bertz CT molecular complexity index is 422. The smallest absolute Gasteiger partial charge is 0.340 e. The minimum atomic E-state index is -1.92. The van der Waals surface area contributed by atoms with Gasteiger partial charge in [-0.3, -0.25) is 0 Å². The van der Waals surface area contributed by atoms with Crippen LogP contribution in [0.15, 0.2) is 0 Å². The Balaban J connectivity index is 2.85. The molecule has 1 fully saturated rings. The van der Waals surface area contributed by atoms with Gasteiger partial charge in [-0.25, -0.2) is 4.79 Å². The normalized spacial score (nSPS) is 26.5. The maximum atomic E-state index is 12.6. The summed E-state index contributed by atoms with van der Waals surface area (Å²) in [6.07, 6.45) is 0.279. The van der Waals surface area contributed by atoms with Gasteiger partial charge in [0, 0.05) is 6.42 Å². The third-order valence-electron chi connectivity index (χ3n) is 3.15. The van der Waals surface area contributed by atoms with E-state index in [-0.39, 0.29) is 18.7 Å². The van der Waals surface area contributed by atoms with Crippen LogP contribution in [0.4, 0.5) is 0 Å². The largest absolute Gasteiger partial charge is 0.458 e. The Hall–Kier alpha value is 0.000649. The van der Waals surface area contributed by atoms with E-state index in [4.69, 9.17) is 18.0 Å². The topological polar surface area (TPSA) is 54.0 Å². The molecule has 0 amide bonds. The van der Waals surface area contributed by atoms with Crippen molar-refractivity contribution < 1.29 is 22.8 Å². The lowest BCUT2D eigenvalue weighted by molar-refractivity contribution is -0.156. The summed E-state index contributed by atoms with van der Waals surface area (Å²) in [5.74, 6) is -0.289. The van der Waals surface area contributed by atoms with Gasteiger partial charge in [-0.05, 0) is 58.9 Å². The van der Waals surface area contributed by atoms with Crippen molar-refractivity contribution in [3.63, 3.8) is 0 Å². The molecular weight excluding hydrogens is 344 g/mol. The molecule has 2 unspecified atom stereocenters. The van der Waals surface area contributed by atoms with E-state index in [1.807, 2.05) is 0 Å². The van der Waals surface area contributed by atoms with E-state index in [0.717, 1.165) is 0 Å². The van der Waals surface area contributed by atoms with Crippen LogP contribution in [0.5, 0.6) is 0 Å². The molecule has 0 bridgehead atoms. The Morgan fingerprint density at radius 1 is 0.957 bits per heavy atom. The van der Waals surface area contributed by atoms with E-state index < -0.39 is 30.6 Å². The predicted octanol–water partition coefficient (Wildman–Crippen LogP) is 3.60. The molecule has 0 saturated carbocycles. The highest BCUT2D eigenvalue weighted by atomic mass is 28.4. The van der Waals surface area contributed by atoms with Crippen molar-refractivity contribution in [3.8, 4) is 0 Å². The Kier molecular flexibility index (Phi) is 6.48. The molecule has 2 atom stereocenters. The molecule has 1 aliphatic rings. The Morgan fingerprint density at radius 3 is 1.91 bits per heavy atom. The monoisotopic (exact) mass is 378 g/mol. The van der Waals surface area contributed by atoms with Crippen LogP contribution in [0.3, 0.4) is 0 Å². The molecule has 5 nitrogen and oxygen atoms in total. The van der Waals surface area contributed by atoms with Gasteiger partial charge in [-0.15, -0.1) is 0 Å². The molecule has 0 N–H and O–H groups in total. The molecule has 136 valence electrons. The summed E-state index contributed by atoms with van der Waals surface area (Å²) in [4.78, 5) is 12.6. The fourth-order valence-electron chi connectivity index (χ4n) is 2.34. The predicted molar refractivity (Wildman–Crippen MR) is 100 cm³/mol. The first kappa shape index (κ1) is 21.0. The molecule has 8 heteroatoms. The van der Waals surface area contributed by atoms with Gasteiger partial charge in [0.25, 0.3) is 0 Å². The van der Waals surface area contributed by atoms with Crippen LogP contribution >= 0.6 is 0 Å². The maximum absolute atomic E-state index is 12.6. The molecule has 0 radical (unpaired) electrons. The highest BCUT2D eigenvalue weighted by Gasteiger charge is 2.53. The zero-order chi connectivity index (χ0) is 18.1. The zero-order valence-corrected chi connectivity index (χ0v) is 19.2. The van der Waals surface area contributed by atoms with Crippen LogP contribution in [0.1, 0.15) is 6.42 Å². The number of esters is 1. The summed E-state index contributed by atoms with van der Waals surface area (Å²) in [6, 6.07) is 0. The van der Waals surface area contributed by atoms with E-state index in [9.17, 15) is 4.79 Å². The molecular formula is C15H34O5Si3. The van der Waals surface area contributed by atoms with Crippen LogP contribution < -0.4 is 0 Å². The van der Waals surface area contributed by atoms with E-state index in [1.165, 1.54) is 0 Å². The summed E-state index contributed by atoms with van der Waals surface area (Å²) in [5.41, 5.74) is -0.960. The van der Waals surface area contributed by atoms with Crippen molar-refractivity contribution in [3.05, 3.63) is 0 Å². The molecule has 1 rings (SSSR count). The average molecular weight is 379 g/mol. The van der Waals surface area contributed by atoms with Gasteiger partial charge in [-0.2, -0.15) is 0 Å². The molecule has 23 heavy (non-hydrogen) atoms. The highest BCUT2D eigenvalue weighted by molar-refractivity contribution is 6.70. The van der Waals surface area contributed by atoms with E-state index in [1.54, 1.807) is 0 Å². The zero-order valence-electron chi connectivity index (χ0n) is 16.2. The van der Waals surface area contributed by atoms with E-state index >= 15 is 0 Å². The van der Waals surface area contributed by atoms with Crippen molar-refractivity contribution in [2.75, 3.05) is 13.2 Å². The van der Waals surface area contributed by atoms with Crippen molar-refractivity contribution in [2.45, 2.75) is 77.0 Å². The van der Waals surface area contributed by atoms with Crippen molar-refractivity contribution in [2.24, 2.45) is 0 Å². The maximum Gasteiger partial charge on any atom is 0.340 e. The van der Waals surface area contributed by atoms with Crippen molar-refractivity contribution in [1.29, 1.82) is 0 Å². The number of carbonyl (C=O) groups excluding carboxylic acids is 1. The number of rotatable bonds is 8. The van der Waals surface area contributed by atoms with Crippen LogP contribution in [0.2, 0.25) is 58.9 Å². The molecule has 1 heterocycles. The second-order valence-corrected chi connectivity index (χ2v) is 22.7. The molecule has 0 aromatic heterocycles. The summed E-state index contributed by atoms with van der Waals surface area (Å²) in [5, 5.41) is 0. The van der Waals surface area contributed by atoms with Gasteiger partial charge in [-0.1, -0.05) is 0 Å². The molecule has 0 aromatic carbocycles. The number of carbonyl (C=O) groups is 1. The minimum absolute atomic E-state index is 0.240. The van der Waals surface area contributed by atoms with Crippen LogP contribution in [0.25, 0.3) is 0 Å². The first-order valence-corrected chi connectivity index (χ1v) is 18.5. The SMILES string of the molecule is C[Si](C)(C)OCC1CC(CO[Si](C)(C)C)(O[Si](C)(C)C)C(=O)O1. The third kappa shape index (κ3) is 7.61. The number of ether oxygens (including phenoxy) is 1. The van der Waals surface area contributed by atoms with Gasteiger partial charge >= 0.3 is 5.97 Å². The lowest BCUT2D eigenvalue weighted by atomic mass is 10.0. The Morgan fingerprint density at radius 2 is 1.48 bits per heavy atom. The van der Waals surface area contributed by atoms with Gasteiger partial charge in [0.05, 0.1) is 13.2 Å². The first-order chi connectivity index (χ1) is 10.1. The number of hydrogen-bond donors (Lipinski definition) is 0. The quantitative estimate of drug-likeness (QED) is 0.477. The lowest BCUT2D eigenvalue weighted by Gasteiger charge is -2.34. The molecule has 0 aromatic rings. The average Bonchev–Trinajstić information content (AvgIpc) is 2.58. The van der Waals surface area contributed by atoms with Gasteiger partial charge in [0.2, 0.25) is 0 Å². The van der Waals surface area contributed by atoms with Crippen LogP contribution in [0, 0.1) is 0 Å². The van der Waals surface area contributed by atoms with E-state index in [0.29, 0.717) is 13.0 Å². The van der Waals surface area contributed by atoms with Crippen molar-refractivity contribution >= 4 is 30.9 Å². The number of hydrogen-bond acceptors (Lipinski definition) is 5. The fourth-order valence-corrected chi connectivity index (χ4v) is 5.09. The second kappa shape index (κ2) is 7.09. The summed E-state index contributed by atoms with van der Waals surface area (Å²) >= 11 is 0. The van der Waals surface area contributed by atoms with Crippen molar-refractivity contribution in [1.82, 2.24) is 0 Å². The molecule has 1 saturated heterocycles. The molecule has 0 spiro atoms. The first-order valence-electron chi connectivity index (χ1n) is 8.31. The minimum Gasteiger partial charge on any atom is -0.458 e. The highest BCUT2D eigenvalue weighted by Crippen LogP contribution is 2.34. The van der Waals surface area contributed by atoms with Crippen LogP contribution in [-0.4, -0.2) is 55.8 Å². The van der Waals surface area contributed by atoms with Crippen LogP contribution in [-0.2, 0) is 22.8 Å². The van der Waals surface area contributed by atoms with Gasteiger partial charge in [0.1, 0.15) is 6.10 Å². The molecule has 0 aliphatic carbocycles. The van der Waals surface area contributed by atoms with Gasteiger partial charge < -0.3 is 18.0 Å². The second-order valence-electron chi connectivity index (χ2n) is 9.26. The lowest BCUT2D eigenvalue weighted by Crippen LogP contribution is -2.51. The Labute approximate surface area is 144 Å². The number of cyclic esters (lactones) is 1. The molecule has 1 aliphatic heterocycles. The summed E-state index contributed by atoms with van der Waals surface area (Å²) in [6.45, 7) is 19.7. The summed E-state index contributed by atoms with van der Waals surface area (Å²) in [7, 11) is -5.30. The fraction of sp³-hybridized carbons (Fsp3) is 0.933. The third-order valence-corrected chi connectivity index (χ3v) is 6.19. The van der Waals surface area contributed by atoms with E-state index in [2.05, 4.69) is 58.9 Å². The van der Waals surface area contributed by atoms with Gasteiger partial charge in [0.15, 0.2) is 30.6 Å². The standard InChI is InChI=1S/C15H34O5Si3/c1-21(2,3)17-11-13-10-15(14(16)19-13,20-23(7,8)9)12-18-22(4,5)6/h13H,10-12H2,1-9H3.